The van der Waals surface area contributed by atoms with Crippen molar-refractivity contribution in [1.82, 2.24) is 9.78 Å². The van der Waals surface area contributed by atoms with Gasteiger partial charge in [-0.05, 0) is 29.2 Å². The van der Waals surface area contributed by atoms with Crippen LogP contribution in [0.3, 0.4) is 0 Å². The number of rotatable bonds is 3. The summed E-state index contributed by atoms with van der Waals surface area (Å²) in [5.74, 6) is -1.46. The molecule has 0 saturated heterocycles. The zero-order chi connectivity index (χ0) is 16.5. The van der Waals surface area contributed by atoms with Gasteiger partial charge in [0, 0.05) is 16.2 Å². The topological polar surface area (TPSA) is 107 Å². The van der Waals surface area contributed by atoms with Gasteiger partial charge in [0.15, 0.2) is 5.56 Å². The first kappa shape index (κ1) is 16.1. The second-order valence-electron chi connectivity index (χ2n) is 4.42. The summed E-state index contributed by atoms with van der Waals surface area (Å²) in [6, 6.07) is 6.01. The Morgan fingerprint density at radius 1 is 1.41 bits per heavy atom. The maximum atomic E-state index is 12.5. The Bertz CT molecular complexity index is 866. The fourth-order valence-electron chi connectivity index (χ4n) is 1.75. The summed E-state index contributed by atoms with van der Waals surface area (Å²) in [5, 5.41) is 15.1. The average Bonchev–Trinajstić information content (AvgIpc) is 2.81. The van der Waals surface area contributed by atoms with E-state index in [1.54, 1.807) is 0 Å². The summed E-state index contributed by atoms with van der Waals surface area (Å²) in [6.07, 6.45) is 2.30. The number of halogens is 1. The number of hydrogen-bond acceptors (Lipinski definition) is 5. The minimum atomic E-state index is -3.05. The molecule has 0 aliphatic carbocycles. The lowest BCUT2D eigenvalue weighted by Crippen LogP contribution is -2.07. The number of hydrogen-bond donors (Lipinski definition) is 0. The number of amides is 1. The molecule has 0 aliphatic rings. The second-order valence-corrected chi connectivity index (χ2v) is 7.11. The van der Waals surface area contributed by atoms with Crippen LogP contribution in [-0.2, 0) is 16.8 Å². The summed E-state index contributed by atoms with van der Waals surface area (Å²) in [5.41, 5.74) is -0.309. The highest BCUT2D eigenvalue weighted by Gasteiger charge is 2.26. The lowest BCUT2D eigenvalue weighted by molar-refractivity contribution is -0.392. The monoisotopic (exact) mass is 342 g/mol. The van der Waals surface area contributed by atoms with E-state index in [9.17, 15) is 19.1 Å². The van der Waals surface area contributed by atoms with E-state index >= 15 is 0 Å². The summed E-state index contributed by atoms with van der Waals surface area (Å²) >= 11 is 5.75. The first-order valence-electron chi connectivity index (χ1n) is 5.91. The van der Waals surface area contributed by atoms with E-state index in [1.165, 1.54) is 37.6 Å². The van der Waals surface area contributed by atoms with Crippen molar-refractivity contribution in [3.63, 3.8) is 0 Å². The molecule has 2 rings (SSSR count). The molecular weight excluding hydrogens is 332 g/mol. The van der Waals surface area contributed by atoms with Crippen molar-refractivity contribution in [2.45, 2.75) is 4.90 Å². The maximum Gasteiger partial charge on any atom is 0.357 e. The van der Waals surface area contributed by atoms with Gasteiger partial charge < -0.3 is 10.1 Å². The summed E-state index contributed by atoms with van der Waals surface area (Å²) in [4.78, 5) is 22.6. The molecule has 0 spiro atoms. The Morgan fingerprint density at radius 3 is 2.55 bits per heavy atom. The van der Waals surface area contributed by atoms with E-state index in [0.29, 0.717) is 9.92 Å². The van der Waals surface area contributed by atoms with Gasteiger partial charge in [-0.1, -0.05) is 16.7 Å². The largest absolute Gasteiger partial charge is 0.358 e. The molecule has 116 valence electrons. The van der Waals surface area contributed by atoms with Gasteiger partial charge in [-0.3, -0.25) is 4.79 Å². The van der Waals surface area contributed by atoms with Crippen molar-refractivity contribution >= 4 is 33.1 Å². The van der Waals surface area contributed by atoms with Gasteiger partial charge in [-0.25, -0.2) is 4.21 Å². The number of carbonyl (C=O) groups is 1. The number of nitro groups is 1. The van der Waals surface area contributed by atoms with Gasteiger partial charge in [0.25, 0.3) is 5.91 Å². The third kappa shape index (κ3) is 3.15. The van der Waals surface area contributed by atoms with Crippen molar-refractivity contribution in [1.29, 1.82) is 0 Å². The van der Waals surface area contributed by atoms with Crippen LogP contribution in [0.4, 0.5) is 5.82 Å². The van der Waals surface area contributed by atoms with E-state index in [-0.39, 0.29) is 5.56 Å². The molecule has 0 fully saturated rings. The summed E-state index contributed by atoms with van der Waals surface area (Å²) in [6.45, 7) is 0. The predicted molar refractivity (Wildman–Crippen MR) is 80.4 cm³/mol. The van der Waals surface area contributed by atoms with Crippen molar-refractivity contribution < 1.29 is 13.9 Å². The summed E-state index contributed by atoms with van der Waals surface area (Å²) in [7, 11) is -1.72. The smallest absolute Gasteiger partial charge is 0.357 e. The Kier molecular flexibility index (Phi) is 4.29. The van der Waals surface area contributed by atoms with Crippen LogP contribution in [-0.4, -0.2) is 31.1 Å². The Hall–Kier alpha value is -2.26. The molecule has 0 unspecified atom stereocenters. The molecule has 0 radical (unpaired) electrons. The van der Waals surface area contributed by atoms with Crippen LogP contribution in [0.25, 0.3) is 0 Å². The van der Waals surface area contributed by atoms with Crippen molar-refractivity contribution in [2.24, 2.45) is 11.4 Å². The van der Waals surface area contributed by atoms with Gasteiger partial charge in [0.2, 0.25) is 0 Å². The van der Waals surface area contributed by atoms with Crippen LogP contribution < -0.4 is 0 Å². The lowest BCUT2D eigenvalue weighted by atomic mass is 10.3. The van der Waals surface area contributed by atoms with Crippen LogP contribution in [0.2, 0.25) is 5.02 Å². The molecule has 1 aromatic carbocycles. The molecule has 0 saturated carbocycles. The predicted octanol–water partition coefficient (Wildman–Crippen LogP) is 2.28. The molecule has 0 bridgehead atoms. The first-order valence-corrected chi connectivity index (χ1v) is 8.21. The highest BCUT2D eigenvalue weighted by Crippen LogP contribution is 2.21. The Labute approximate surface area is 131 Å². The lowest BCUT2D eigenvalue weighted by Gasteiger charge is -2.03. The number of aryl methyl sites for hydroxylation is 1. The third-order valence-electron chi connectivity index (χ3n) is 2.82. The highest BCUT2D eigenvalue weighted by atomic mass is 35.5. The molecule has 8 nitrogen and oxygen atoms in total. The quantitative estimate of drug-likeness (QED) is 0.628. The zero-order valence-corrected chi connectivity index (χ0v) is 13.2. The van der Waals surface area contributed by atoms with E-state index < -0.39 is 26.4 Å². The molecule has 22 heavy (non-hydrogen) atoms. The summed E-state index contributed by atoms with van der Waals surface area (Å²) < 4.78 is 17.1. The number of aromatic nitrogens is 2. The van der Waals surface area contributed by atoms with Crippen molar-refractivity contribution in [2.75, 3.05) is 6.26 Å². The fraction of sp³-hybridized carbons (Fsp3) is 0.167. The number of benzene rings is 1. The molecule has 1 amide bonds. The van der Waals surface area contributed by atoms with Crippen LogP contribution in [0.15, 0.2) is 39.7 Å². The highest BCUT2D eigenvalue weighted by molar-refractivity contribution is 7.93. The van der Waals surface area contributed by atoms with E-state index in [4.69, 9.17) is 11.6 Å². The molecule has 1 atom stereocenters. The number of nitrogens with zero attached hydrogens (tertiary/aromatic N) is 4. The van der Waals surface area contributed by atoms with Gasteiger partial charge in [-0.15, -0.1) is 4.68 Å². The Morgan fingerprint density at radius 2 is 2.00 bits per heavy atom. The van der Waals surface area contributed by atoms with Gasteiger partial charge in [-0.2, -0.15) is 4.36 Å². The zero-order valence-electron chi connectivity index (χ0n) is 11.6. The third-order valence-corrected chi connectivity index (χ3v) is 4.73. The normalized spacial score (nSPS) is 13.4. The molecular formula is C12H11ClN4O4S. The van der Waals surface area contributed by atoms with E-state index in [1.807, 2.05) is 0 Å². The fourth-order valence-corrected chi connectivity index (χ4v) is 3.03. The van der Waals surface area contributed by atoms with Gasteiger partial charge in [0.05, 0.1) is 15.9 Å². The number of carbonyl (C=O) groups excluding carboxylic acids is 1. The van der Waals surface area contributed by atoms with E-state index in [0.717, 1.165) is 10.9 Å². The van der Waals surface area contributed by atoms with Crippen LogP contribution in [0.1, 0.15) is 10.4 Å². The minimum absolute atomic E-state index is 0.303. The molecule has 1 heterocycles. The Balaban J connectivity index is 2.48. The van der Waals surface area contributed by atoms with Crippen LogP contribution in [0.5, 0.6) is 0 Å². The van der Waals surface area contributed by atoms with Gasteiger partial charge >= 0.3 is 5.82 Å². The van der Waals surface area contributed by atoms with Crippen LogP contribution in [0, 0.1) is 10.1 Å². The minimum Gasteiger partial charge on any atom is -0.358 e. The molecule has 10 heteroatoms. The first-order chi connectivity index (χ1) is 10.2. The molecule has 1 aromatic heterocycles. The van der Waals surface area contributed by atoms with Gasteiger partial charge in [0.1, 0.15) is 7.05 Å². The molecule has 0 N–H and O–H groups in total. The maximum absolute atomic E-state index is 12.5. The van der Waals surface area contributed by atoms with Crippen LogP contribution >= 0.6 is 11.6 Å². The van der Waals surface area contributed by atoms with Crippen molar-refractivity contribution in [3.05, 3.63) is 51.2 Å². The second kappa shape index (κ2) is 5.85. The van der Waals surface area contributed by atoms with E-state index in [2.05, 4.69) is 9.46 Å². The standard InChI is InChI=1S/C12H11ClN4O4S/c1-16-12(17(19)20)10(7-14-16)11(18)15-22(2,21)9-5-3-8(13)4-6-9/h3-7H,1-2H3/t22-/m1/s1. The van der Waals surface area contributed by atoms with Crippen molar-refractivity contribution in [3.8, 4) is 0 Å². The molecule has 2 aromatic rings. The SMILES string of the molecule is Cn1ncc(C(=O)N=[S@](C)(=O)c2ccc(Cl)cc2)c1[N+](=O)[O-]. The average molecular weight is 343 g/mol. The molecule has 0 aliphatic heterocycles.